The first-order valence-electron chi connectivity index (χ1n) is 7.96. The van der Waals surface area contributed by atoms with Crippen LogP contribution in [0.3, 0.4) is 0 Å². The van der Waals surface area contributed by atoms with Crippen molar-refractivity contribution in [2.75, 3.05) is 0 Å². The Morgan fingerprint density at radius 1 is 0.952 bits per heavy atom. The quantitative estimate of drug-likeness (QED) is 0.535. The third-order valence-corrected chi connectivity index (χ3v) is 4.62. The highest BCUT2D eigenvalue weighted by Crippen LogP contribution is 2.29. The second-order valence-electron chi connectivity index (χ2n) is 6.13. The normalized spacial score (nSPS) is 16.8. The van der Waals surface area contributed by atoms with Crippen LogP contribution in [0.25, 0.3) is 10.8 Å². The lowest BCUT2D eigenvalue weighted by Crippen LogP contribution is -2.09. The standard InChI is InChI=1S/C19H21FO/c20-18-12-11-17(15-9-5-6-10-16(15)18)19(21)13-14-7-3-1-2-4-8-14/h5-6,9-12,14H,1-4,7-8,13H2. The molecule has 110 valence electrons. The van der Waals surface area contributed by atoms with Crippen molar-refractivity contribution in [1.29, 1.82) is 0 Å². The Kier molecular flexibility index (Phi) is 4.33. The van der Waals surface area contributed by atoms with Crippen molar-refractivity contribution in [3.05, 3.63) is 47.8 Å². The molecule has 3 rings (SSSR count). The summed E-state index contributed by atoms with van der Waals surface area (Å²) in [6.07, 6.45) is 7.99. The Balaban J connectivity index is 1.86. The van der Waals surface area contributed by atoms with E-state index in [0.29, 0.717) is 23.3 Å². The van der Waals surface area contributed by atoms with E-state index in [2.05, 4.69) is 0 Å². The van der Waals surface area contributed by atoms with Gasteiger partial charge in [0.1, 0.15) is 5.82 Å². The topological polar surface area (TPSA) is 17.1 Å². The Hall–Kier alpha value is -1.70. The van der Waals surface area contributed by atoms with E-state index in [4.69, 9.17) is 0 Å². The van der Waals surface area contributed by atoms with E-state index in [1.165, 1.54) is 31.7 Å². The van der Waals surface area contributed by atoms with Gasteiger partial charge in [-0.05, 0) is 23.4 Å². The summed E-state index contributed by atoms with van der Waals surface area (Å²) < 4.78 is 13.8. The molecule has 2 heteroatoms. The van der Waals surface area contributed by atoms with Gasteiger partial charge in [-0.15, -0.1) is 0 Å². The first kappa shape index (κ1) is 14.2. The van der Waals surface area contributed by atoms with E-state index in [-0.39, 0.29) is 11.6 Å². The average Bonchev–Trinajstić information content (AvgIpc) is 2.76. The number of Topliss-reactive ketones (excluding diaryl/α,β-unsaturated/α-hetero) is 1. The molecule has 0 aliphatic heterocycles. The number of benzene rings is 2. The van der Waals surface area contributed by atoms with Gasteiger partial charge in [-0.25, -0.2) is 4.39 Å². The molecule has 21 heavy (non-hydrogen) atoms. The lowest BCUT2D eigenvalue weighted by atomic mass is 9.90. The molecule has 0 saturated heterocycles. The van der Waals surface area contributed by atoms with Crippen molar-refractivity contribution >= 4 is 16.6 Å². The minimum absolute atomic E-state index is 0.165. The van der Waals surface area contributed by atoms with Crippen LogP contribution in [0.2, 0.25) is 0 Å². The highest BCUT2D eigenvalue weighted by Gasteiger charge is 2.19. The Bertz CT molecular complexity index is 639. The third kappa shape index (κ3) is 3.15. The van der Waals surface area contributed by atoms with E-state index >= 15 is 0 Å². The summed E-state index contributed by atoms with van der Waals surface area (Å²) in [6.45, 7) is 0. The highest BCUT2D eigenvalue weighted by atomic mass is 19.1. The molecule has 0 unspecified atom stereocenters. The van der Waals surface area contributed by atoms with Crippen molar-refractivity contribution in [3.8, 4) is 0 Å². The van der Waals surface area contributed by atoms with Crippen LogP contribution in [-0.2, 0) is 0 Å². The van der Waals surface area contributed by atoms with Gasteiger partial charge in [-0.2, -0.15) is 0 Å². The van der Waals surface area contributed by atoms with Crippen molar-refractivity contribution in [3.63, 3.8) is 0 Å². The van der Waals surface area contributed by atoms with E-state index in [1.54, 1.807) is 12.1 Å². The third-order valence-electron chi connectivity index (χ3n) is 4.62. The second-order valence-corrected chi connectivity index (χ2v) is 6.13. The van der Waals surface area contributed by atoms with Crippen LogP contribution < -0.4 is 0 Å². The fraction of sp³-hybridized carbons (Fsp3) is 0.421. The maximum absolute atomic E-state index is 13.8. The Morgan fingerprint density at radius 3 is 2.33 bits per heavy atom. The molecule has 0 N–H and O–H groups in total. The number of hydrogen-bond acceptors (Lipinski definition) is 1. The van der Waals surface area contributed by atoms with Gasteiger partial charge in [0.2, 0.25) is 0 Å². The zero-order valence-corrected chi connectivity index (χ0v) is 12.3. The monoisotopic (exact) mass is 284 g/mol. The summed E-state index contributed by atoms with van der Waals surface area (Å²) in [5, 5.41) is 1.29. The molecule has 0 radical (unpaired) electrons. The first-order chi connectivity index (χ1) is 10.3. The summed E-state index contributed by atoms with van der Waals surface area (Å²) in [7, 11) is 0. The number of rotatable bonds is 3. The Labute approximate surface area is 125 Å². The minimum atomic E-state index is -0.253. The SMILES string of the molecule is O=C(CC1CCCCCC1)c1ccc(F)c2ccccc12. The van der Waals surface area contributed by atoms with Gasteiger partial charge in [0.15, 0.2) is 5.78 Å². The number of ketones is 1. The summed E-state index contributed by atoms with van der Waals surface area (Å²) in [5.41, 5.74) is 0.677. The fourth-order valence-corrected chi connectivity index (χ4v) is 3.45. The van der Waals surface area contributed by atoms with E-state index in [0.717, 1.165) is 18.2 Å². The van der Waals surface area contributed by atoms with Crippen molar-refractivity contribution in [2.45, 2.75) is 44.9 Å². The number of carbonyl (C=O) groups is 1. The van der Waals surface area contributed by atoms with Crippen molar-refractivity contribution in [2.24, 2.45) is 5.92 Å². The number of fused-ring (bicyclic) bond motifs is 1. The molecule has 0 bridgehead atoms. The van der Waals surface area contributed by atoms with Gasteiger partial charge in [0.25, 0.3) is 0 Å². The molecule has 2 aromatic carbocycles. The largest absolute Gasteiger partial charge is 0.294 e. The smallest absolute Gasteiger partial charge is 0.163 e. The highest BCUT2D eigenvalue weighted by molar-refractivity contribution is 6.08. The van der Waals surface area contributed by atoms with Crippen LogP contribution in [0.5, 0.6) is 0 Å². The van der Waals surface area contributed by atoms with Crippen LogP contribution >= 0.6 is 0 Å². The molecule has 1 fully saturated rings. The Morgan fingerprint density at radius 2 is 1.62 bits per heavy atom. The first-order valence-corrected chi connectivity index (χ1v) is 7.96. The minimum Gasteiger partial charge on any atom is -0.294 e. The number of hydrogen-bond donors (Lipinski definition) is 0. The van der Waals surface area contributed by atoms with Gasteiger partial charge in [0, 0.05) is 17.4 Å². The summed E-state index contributed by atoms with van der Waals surface area (Å²) in [6, 6.07) is 10.3. The molecule has 2 aromatic rings. The van der Waals surface area contributed by atoms with Gasteiger partial charge in [0.05, 0.1) is 0 Å². The number of halogens is 1. The van der Waals surface area contributed by atoms with Crippen LogP contribution in [0.1, 0.15) is 55.3 Å². The van der Waals surface area contributed by atoms with Crippen molar-refractivity contribution < 1.29 is 9.18 Å². The van der Waals surface area contributed by atoms with E-state index < -0.39 is 0 Å². The molecule has 0 aromatic heterocycles. The molecule has 1 aliphatic carbocycles. The molecule has 1 aliphatic rings. The van der Waals surface area contributed by atoms with Gasteiger partial charge >= 0.3 is 0 Å². The van der Waals surface area contributed by atoms with Gasteiger partial charge in [-0.3, -0.25) is 4.79 Å². The van der Waals surface area contributed by atoms with Gasteiger partial charge < -0.3 is 0 Å². The number of carbonyl (C=O) groups excluding carboxylic acids is 1. The molecule has 1 saturated carbocycles. The molecule has 0 heterocycles. The lowest BCUT2D eigenvalue weighted by molar-refractivity contribution is 0.0958. The summed E-state index contributed by atoms with van der Waals surface area (Å²) in [5.74, 6) is 0.415. The fourth-order valence-electron chi connectivity index (χ4n) is 3.45. The second kappa shape index (κ2) is 6.38. The molecule has 0 atom stereocenters. The molecule has 0 amide bonds. The summed E-state index contributed by atoms with van der Waals surface area (Å²) >= 11 is 0. The molecular weight excluding hydrogens is 263 g/mol. The molecule has 1 nitrogen and oxygen atoms in total. The maximum atomic E-state index is 13.8. The van der Waals surface area contributed by atoms with Crippen LogP contribution in [0.15, 0.2) is 36.4 Å². The maximum Gasteiger partial charge on any atom is 0.163 e. The van der Waals surface area contributed by atoms with Crippen LogP contribution in [0.4, 0.5) is 4.39 Å². The zero-order valence-electron chi connectivity index (χ0n) is 12.3. The van der Waals surface area contributed by atoms with Crippen LogP contribution in [0, 0.1) is 11.7 Å². The van der Waals surface area contributed by atoms with E-state index in [9.17, 15) is 9.18 Å². The predicted molar refractivity (Wildman–Crippen MR) is 84.0 cm³/mol. The van der Waals surface area contributed by atoms with Gasteiger partial charge in [-0.1, -0.05) is 62.8 Å². The summed E-state index contributed by atoms with van der Waals surface area (Å²) in [4.78, 5) is 12.6. The molecular formula is C19H21FO. The predicted octanol–water partition coefficient (Wildman–Crippen LogP) is 5.52. The molecule has 0 spiro atoms. The van der Waals surface area contributed by atoms with Crippen molar-refractivity contribution in [1.82, 2.24) is 0 Å². The lowest BCUT2D eigenvalue weighted by Gasteiger charge is -2.14. The zero-order chi connectivity index (χ0) is 14.7. The van der Waals surface area contributed by atoms with E-state index in [1.807, 2.05) is 18.2 Å². The average molecular weight is 284 g/mol. The van der Waals surface area contributed by atoms with Crippen LogP contribution in [-0.4, -0.2) is 5.78 Å².